The number of rotatable bonds is 4. The van der Waals surface area contributed by atoms with Crippen LogP contribution in [0.5, 0.6) is 0 Å². The first-order valence-electron chi connectivity index (χ1n) is 5.05. The van der Waals surface area contributed by atoms with Gasteiger partial charge in [0.25, 0.3) is 5.91 Å². The minimum atomic E-state index is -3.31. The van der Waals surface area contributed by atoms with Crippen molar-refractivity contribution in [2.24, 2.45) is 0 Å². The SMILES string of the molecule is C[C@H](NC(=O)c1ccc(S(C)(=O)=O)cc1)C(=O)O. The summed E-state index contributed by atoms with van der Waals surface area (Å²) in [5.41, 5.74) is 0.204. The molecule has 1 rings (SSSR count). The number of sulfone groups is 1. The molecule has 98 valence electrons. The van der Waals surface area contributed by atoms with Gasteiger partial charge in [0.15, 0.2) is 9.84 Å². The molecule has 0 fully saturated rings. The van der Waals surface area contributed by atoms with Crippen LogP contribution in [0, 0.1) is 0 Å². The quantitative estimate of drug-likeness (QED) is 0.820. The van der Waals surface area contributed by atoms with E-state index < -0.39 is 27.8 Å². The van der Waals surface area contributed by atoms with Crippen molar-refractivity contribution in [3.63, 3.8) is 0 Å². The van der Waals surface area contributed by atoms with E-state index in [0.29, 0.717) is 0 Å². The van der Waals surface area contributed by atoms with E-state index in [4.69, 9.17) is 5.11 Å². The zero-order chi connectivity index (χ0) is 13.9. The summed E-state index contributed by atoms with van der Waals surface area (Å²) in [5.74, 6) is -1.71. The van der Waals surface area contributed by atoms with Gasteiger partial charge in [0.05, 0.1) is 4.90 Å². The number of carboxylic acid groups (broad SMARTS) is 1. The maximum Gasteiger partial charge on any atom is 0.325 e. The molecule has 1 amide bonds. The van der Waals surface area contributed by atoms with Gasteiger partial charge in [0.2, 0.25) is 0 Å². The van der Waals surface area contributed by atoms with Crippen LogP contribution in [0.2, 0.25) is 0 Å². The summed E-state index contributed by atoms with van der Waals surface area (Å²) in [6, 6.07) is 4.26. The van der Waals surface area contributed by atoms with Gasteiger partial charge in [-0.05, 0) is 31.2 Å². The van der Waals surface area contributed by atoms with E-state index in [9.17, 15) is 18.0 Å². The molecule has 0 spiro atoms. The minimum absolute atomic E-state index is 0.102. The van der Waals surface area contributed by atoms with Crippen molar-refractivity contribution >= 4 is 21.7 Å². The van der Waals surface area contributed by atoms with Gasteiger partial charge in [0.1, 0.15) is 6.04 Å². The highest BCUT2D eigenvalue weighted by Gasteiger charge is 2.15. The van der Waals surface area contributed by atoms with Gasteiger partial charge < -0.3 is 10.4 Å². The number of hydrogen-bond donors (Lipinski definition) is 2. The lowest BCUT2D eigenvalue weighted by Crippen LogP contribution is -2.38. The fraction of sp³-hybridized carbons (Fsp3) is 0.273. The van der Waals surface area contributed by atoms with Gasteiger partial charge in [-0.3, -0.25) is 9.59 Å². The molecule has 0 saturated heterocycles. The maximum atomic E-state index is 11.6. The van der Waals surface area contributed by atoms with E-state index in [2.05, 4.69) is 5.32 Å². The third-order valence-corrected chi connectivity index (χ3v) is 3.39. The molecule has 0 radical (unpaired) electrons. The summed E-state index contributed by atoms with van der Waals surface area (Å²) in [6.07, 6.45) is 1.06. The van der Waals surface area contributed by atoms with Gasteiger partial charge >= 0.3 is 5.97 Å². The first kappa shape index (κ1) is 14.2. The predicted octanol–water partition coefficient (Wildman–Crippen LogP) is 0.293. The summed E-state index contributed by atoms with van der Waals surface area (Å²) in [6.45, 7) is 1.34. The molecule has 1 aromatic rings. The van der Waals surface area contributed by atoms with Crippen molar-refractivity contribution in [2.75, 3.05) is 6.26 Å². The van der Waals surface area contributed by atoms with Crippen LogP contribution in [-0.2, 0) is 14.6 Å². The third kappa shape index (κ3) is 3.56. The van der Waals surface area contributed by atoms with Gasteiger partial charge in [-0.15, -0.1) is 0 Å². The maximum absolute atomic E-state index is 11.6. The zero-order valence-corrected chi connectivity index (χ0v) is 10.7. The fourth-order valence-corrected chi connectivity index (χ4v) is 1.83. The van der Waals surface area contributed by atoms with E-state index >= 15 is 0 Å². The molecule has 0 heterocycles. The summed E-state index contributed by atoms with van der Waals surface area (Å²) in [5, 5.41) is 10.9. The topological polar surface area (TPSA) is 101 Å². The highest BCUT2D eigenvalue weighted by Crippen LogP contribution is 2.10. The molecule has 0 bridgehead atoms. The van der Waals surface area contributed by atoms with Crippen molar-refractivity contribution in [2.45, 2.75) is 17.9 Å². The second-order valence-electron chi connectivity index (χ2n) is 3.83. The van der Waals surface area contributed by atoms with Crippen LogP contribution in [0.1, 0.15) is 17.3 Å². The standard InChI is InChI=1S/C11H13NO5S/c1-7(11(14)15)12-10(13)8-3-5-9(6-4-8)18(2,16)17/h3-7H,1-2H3,(H,12,13)(H,14,15)/t7-/m0/s1. The van der Waals surface area contributed by atoms with Crippen LogP contribution in [0.4, 0.5) is 0 Å². The normalized spacial score (nSPS) is 12.8. The molecule has 18 heavy (non-hydrogen) atoms. The Morgan fingerprint density at radius 3 is 2.11 bits per heavy atom. The van der Waals surface area contributed by atoms with E-state index in [0.717, 1.165) is 6.26 Å². The van der Waals surface area contributed by atoms with Crippen molar-refractivity contribution in [1.82, 2.24) is 5.32 Å². The Balaban J connectivity index is 2.86. The average molecular weight is 271 g/mol. The number of carboxylic acids is 1. The minimum Gasteiger partial charge on any atom is -0.480 e. The molecular formula is C11H13NO5S. The summed E-state index contributed by atoms with van der Waals surface area (Å²) >= 11 is 0. The first-order valence-corrected chi connectivity index (χ1v) is 6.95. The molecular weight excluding hydrogens is 258 g/mol. The van der Waals surface area contributed by atoms with Crippen LogP contribution in [0.25, 0.3) is 0 Å². The van der Waals surface area contributed by atoms with E-state index in [1.807, 2.05) is 0 Å². The van der Waals surface area contributed by atoms with Crippen LogP contribution < -0.4 is 5.32 Å². The summed E-state index contributed by atoms with van der Waals surface area (Å²) in [4.78, 5) is 22.3. The fourth-order valence-electron chi connectivity index (χ4n) is 1.20. The highest BCUT2D eigenvalue weighted by molar-refractivity contribution is 7.90. The molecule has 0 aliphatic carbocycles. The molecule has 1 atom stereocenters. The van der Waals surface area contributed by atoms with Gasteiger partial charge in [-0.2, -0.15) is 0 Å². The monoisotopic (exact) mass is 271 g/mol. The Hall–Kier alpha value is -1.89. The van der Waals surface area contributed by atoms with Crippen molar-refractivity contribution < 1.29 is 23.1 Å². The number of carbonyl (C=O) groups excluding carboxylic acids is 1. The van der Waals surface area contributed by atoms with Crippen LogP contribution in [-0.4, -0.2) is 37.7 Å². The second kappa shape index (κ2) is 5.18. The smallest absolute Gasteiger partial charge is 0.325 e. The highest BCUT2D eigenvalue weighted by atomic mass is 32.2. The van der Waals surface area contributed by atoms with Crippen molar-refractivity contribution in [3.05, 3.63) is 29.8 Å². The number of hydrogen-bond acceptors (Lipinski definition) is 4. The van der Waals surface area contributed by atoms with Crippen molar-refractivity contribution in [1.29, 1.82) is 0 Å². The third-order valence-electron chi connectivity index (χ3n) is 2.26. The number of amides is 1. The number of nitrogens with one attached hydrogen (secondary N) is 1. The van der Waals surface area contributed by atoms with E-state index in [1.165, 1.54) is 31.2 Å². The molecule has 0 aliphatic rings. The number of benzene rings is 1. The number of aliphatic carboxylic acids is 1. The van der Waals surface area contributed by atoms with Crippen molar-refractivity contribution in [3.8, 4) is 0 Å². The molecule has 0 aromatic heterocycles. The van der Waals surface area contributed by atoms with Gasteiger partial charge in [-0.25, -0.2) is 8.42 Å². The molecule has 2 N–H and O–H groups in total. The second-order valence-corrected chi connectivity index (χ2v) is 5.85. The van der Waals surface area contributed by atoms with E-state index in [1.54, 1.807) is 0 Å². The first-order chi connectivity index (χ1) is 8.21. The lowest BCUT2D eigenvalue weighted by molar-refractivity contribution is -0.138. The summed E-state index contributed by atoms with van der Waals surface area (Å²) < 4.78 is 22.4. The van der Waals surface area contributed by atoms with Crippen LogP contribution in [0.15, 0.2) is 29.2 Å². The largest absolute Gasteiger partial charge is 0.480 e. The van der Waals surface area contributed by atoms with E-state index in [-0.39, 0.29) is 10.5 Å². The molecule has 6 nitrogen and oxygen atoms in total. The number of carbonyl (C=O) groups is 2. The lowest BCUT2D eigenvalue weighted by Gasteiger charge is -2.09. The molecule has 1 aromatic carbocycles. The molecule has 7 heteroatoms. The van der Waals surface area contributed by atoms with Gasteiger partial charge in [-0.1, -0.05) is 0 Å². The predicted molar refractivity (Wildman–Crippen MR) is 64.1 cm³/mol. The van der Waals surface area contributed by atoms with Gasteiger partial charge in [0, 0.05) is 11.8 Å². The Morgan fingerprint density at radius 1 is 1.22 bits per heavy atom. The molecule has 0 aliphatic heterocycles. The zero-order valence-electron chi connectivity index (χ0n) is 9.88. The summed E-state index contributed by atoms with van der Waals surface area (Å²) in [7, 11) is -3.31. The van der Waals surface area contributed by atoms with Crippen LogP contribution >= 0.6 is 0 Å². The average Bonchev–Trinajstić information content (AvgIpc) is 2.27. The Morgan fingerprint density at radius 2 is 1.72 bits per heavy atom. The molecule has 0 saturated carbocycles. The molecule has 0 unspecified atom stereocenters. The Kier molecular flexibility index (Phi) is 4.07. The Bertz CT molecular complexity index is 562. The Labute approximate surface area is 105 Å². The lowest BCUT2D eigenvalue weighted by atomic mass is 10.2. The van der Waals surface area contributed by atoms with Crippen LogP contribution in [0.3, 0.4) is 0 Å².